The van der Waals surface area contributed by atoms with E-state index in [0.717, 1.165) is 0 Å². The van der Waals surface area contributed by atoms with Crippen LogP contribution in [0.4, 0.5) is 19.4 Å². The van der Waals surface area contributed by atoms with Crippen LogP contribution < -0.4 is 10.6 Å². The van der Waals surface area contributed by atoms with Crippen LogP contribution in [0.2, 0.25) is 0 Å². The maximum atomic E-state index is 13.9. The van der Waals surface area contributed by atoms with Crippen molar-refractivity contribution >= 4 is 11.8 Å². The third kappa shape index (κ3) is 4.46. The van der Waals surface area contributed by atoms with Crippen LogP contribution in [0.3, 0.4) is 0 Å². The van der Waals surface area contributed by atoms with E-state index in [2.05, 4.69) is 15.6 Å². The molecule has 0 radical (unpaired) electrons. The molecule has 0 fully saturated rings. The molecule has 2 rings (SSSR count). The Morgan fingerprint density at radius 3 is 2.43 bits per heavy atom. The van der Waals surface area contributed by atoms with Gasteiger partial charge in [0.2, 0.25) is 0 Å². The van der Waals surface area contributed by atoms with Crippen LogP contribution in [-0.4, -0.2) is 36.6 Å². The van der Waals surface area contributed by atoms with E-state index in [-0.39, 0.29) is 12.1 Å². The van der Waals surface area contributed by atoms with Crippen molar-refractivity contribution in [2.75, 3.05) is 26.0 Å². The van der Waals surface area contributed by atoms with Gasteiger partial charge in [0.15, 0.2) is 0 Å². The zero-order chi connectivity index (χ0) is 16.8. The summed E-state index contributed by atoms with van der Waals surface area (Å²) < 4.78 is 27.9. The molecular weight excluding hydrogens is 302 g/mol. The molecule has 1 atom stereocenters. The SMILES string of the molecule is CN(C)[C@@H](CNC(=O)Nc1ccccn1)c1c(F)cccc1F. The average Bonchev–Trinajstić information content (AvgIpc) is 2.50. The topological polar surface area (TPSA) is 57.3 Å². The highest BCUT2D eigenvalue weighted by molar-refractivity contribution is 5.88. The van der Waals surface area contributed by atoms with E-state index in [1.807, 2.05) is 0 Å². The van der Waals surface area contributed by atoms with E-state index in [1.54, 1.807) is 43.4 Å². The minimum Gasteiger partial charge on any atom is -0.336 e. The molecule has 5 nitrogen and oxygen atoms in total. The number of nitrogens with one attached hydrogen (secondary N) is 2. The van der Waals surface area contributed by atoms with E-state index in [0.29, 0.717) is 5.82 Å². The second-order valence-corrected chi connectivity index (χ2v) is 5.16. The Morgan fingerprint density at radius 1 is 1.17 bits per heavy atom. The van der Waals surface area contributed by atoms with Gasteiger partial charge in [-0.1, -0.05) is 12.1 Å². The number of carbonyl (C=O) groups is 1. The quantitative estimate of drug-likeness (QED) is 0.891. The largest absolute Gasteiger partial charge is 0.336 e. The number of carbonyl (C=O) groups excluding carboxylic acids is 1. The fourth-order valence-electron chi connectivity index (χ4n) is 2.16. The summed E-state index contributed by atoms with van der Waals surface area (Å²) in [4.78, 5) is 17.5. The van der Waals surface area contributed by atoms with E-state index in [1.165, 1.54) is 18.2 Å². The van der Waals surface area contributed by atoms with Gasteiger partial charge in [0, 0.05) is 18.3 Å². The van der Waals surface area contributed by atoms with E-state index < -0.39 is 23.7 Å². The van der Waals surface area contributed by atoms with E-state index in [9.17, 15) is 13.6 Å². The Kier molecular flexibility index (Phi) is 5.59. The lowest BCUT2D eigenvalue weighted by atomic mass is 10.0. The lowest BCUT2D eigenvalue weighted by Crippen LogP contribution is -2.37. The molecule has 0 aliphatic carbocycles. The minimum atomic E-state index is -0.643. The predicted octanol–water partition coefficient (Wildman–Crippen LogP) is 2.78. The highest BCUT2D eigenvalue weighted by Gasteiger charge is 2.22. The van der Waals surface area contributed by atoms with Crippen molar-refractivity contribution in [3.8, 4) is 0 Å². The molecule has 2 amide bonds. The van der Waals surface area contributed by atoms with Crippen molar-refractivity contribution in [3.63, 3.8) is 0 Å². The molecule has 0 aliphatic heterocycles. The van der Waals surface area contributed by atoms with E-state index >= 15 is 0 Å². The van der Waals surface area contributed by atoms with Gasteiger partial charge in [0.1, 0.15) is 17.5 Å². The van der Waals surface area contributed by atoms with Crippen molar-refractivity contribution in [1.29, 1.82) is 0 Å². The van der Waals surface area contributed by atoms with Gasteiger partial charge in [-0.05, 0) is 38.4 Å². The molecule has 0 spiro atoms. The van der Waals surface area contributed by atoms with Gasteiger partial charge in [0.25, 0.3) is 0 Å². The third-order valence-corrected chi connectivity index (χ3v) is 3.32. The number of anilines is 1. The number of hydrogen-bond acceptors (Lipinski definition) is 3. The summed E-state index contributed by atoms with van der Waals surface area (Å²) >= 11 is 0. The number of nitrogens with zero attached hydrogens (tertiary/aromatic N) is 2. The molecule has 7 heteroatoms. The smallest absolute Gasteiger partial charge is 0.320 e. The first-order valence-corrected chi connectivity index (χ1v) is 7.05. The van der Waals surface area contributed by atoms with Gasteiger partial charge in [0.05, 0.1) is 6.04 Å². The highest BCUT2D eigenvalue weighted by atomic mass is 19.1. The molecule has 1 aromatic heterocycles. The first kappa shape index (κ1) is 16.8. The van der Waals surface area contributed by atoms with Crippen molar-refractivity contribution in [3.05, 3.63) is 59.8 Å². The lowest BCUT2D eigenvalue weighted by molar-refractivity contribution is 0.240. The van der Waals surface area contributed by atoms with Crippen LogP contribution in [-0.2, 0) is 0 Å². The highest BCUT2D eigenvalue weighted by Crippen LogP contribution is 2.23. The third-order valence-electron chi connectivity index (χ3n) is 3.32. The zero-order valence-corrected chi connectivity index (χ0v) is 12.9. The number of aromatic nitrogens is 1. The second kappa shape index (κ2) is 7.64. The molecule has 1 heterocycles. The summed E-state index contributed by atoms with van der Waals surface area (Å²) in [5, 5.41) is 5.15. The molecule has 0 unspecified atom stereocenters. The number of rotatable bonds is 5. The summed E-state index contributed by atoms with van der Waals surface area (Å²) in [5.41, 5.74) is -0.0735. The summed E-state index contributed by atoms with van der Waals surface area (Å²) in [6.45, 7) is 0.0452. The van der Waals surface area contributed by atoms with E-state index in [4.69, 9.17) is 0 Å². The first-order chi connectivity index (χ1) is 11.0. The van der Waals surface area contributed by atoms with Crippen LogP contribution >= 0.6 is 0 Å². The average molecular weight is 320 g/mol. The Hall–Kier alpha value is -2.54. The Balaban J connectivity index is 2.05. The van der Waals surface area contributed by atoms with Crippen molar-refractivity contribution < 1.29 is 13.6 Å². The van der Waals surface area contributed by atoms with Crippen LogP contribution in [0.25, 0.3) is 0 Å². The monoisotopic (exact) mass is 320 g/mol. The van der Waals surface area contributed by atoms with Gasteiger partial charge < -0.3 is 10.2 Å². The summed E-state index contributed by atoms with van der Waals surface area (Å²) in [5.74, 6) is -0.894. The zero-order valence-electron chi connectivity index (χ0n) is 12.9. The van der Waals surface area contributed by atoms with Crippen LogP contribution in [0.5, 0.6) is 0 Å². The molecule has 23 heavy (non-hydrogen) atoms. The Bertz CT molecular complexity index is 644. The number of amides is 2. The molecule has 2 aromatic rings. The molecule has 2 N–H and O–H groups in total. The van der Waals surface area contributed by atoms with Gasteiger partial charge in [-0.2, -0.15) is 0 Å². The maximum Gasteiger partial charge on any atom is 0.320 e. The normalized spacial score (nSPS) is 12.0. The van der Waals surface area contributed by atoms with Gasteiger partial charge in [-0.15, -0.1) is 0 Å². The maximum absolute atomic E-state index is 13.9. The number of pyridine rings is 1. The van der Waals surface area contributed by atoms with Crippen molar-refractivity contribution in [1.82, 2.24) is 15.2 Å². The summed E-state index contributed by atoms with van der Waals surface area (Å²) in [6, 6.07) is 7.68. The first-order valence-electron chi connectivity index (χ1n) is 7.05. The fraction of sp³-hybridized carbons (Fsp3) is 0.250. The summed E-state index contributed by atoms with van der Waals surface area (Å²) in [6.07, 6.45) is 1.55. The van der Waals surface area contributed by atoms with Crippen LogP contribution in [0.1, 0.15) is 11.6 Å². The number of benzene rings is 1. The van der Waals surface area contributed by atoms with Crippen LogP contribution in [0, 0.1) is 11.6 Å². The molecule has 1 aromatic carbocycles. The van der Waals surface area contributed by atoms with Crippen molar-refractivity contribution in [2.24, 2.45) is 0 Å². The standard InChI is InChI=1S/C16H18F2N4O/c1-22(2)13(15-11(17)6-5-7-12(15)18)10-20-16(23)21-14-8-3-4-9-19-14/h3-9,13H,10H2,1-2H3,(H2,19,20,21,23)/t13-/m0/s1. The number of halogens is 2. The van der Waals surface area contributed by atoms with Gasteiger partial charge in [-0.25, -0.2) is 18.6 Å². The molecule has 0 aliphatic rings. The van der Waals surface area contributed by atoms with Gasteiger partial charge >= 0.3 is 6.03 Å². The minimum absolute atomic E-state index is 0.0452. The predicted molar refractivity (Wildman–Crippen MR) is 84.0 cm³/mol. The summed E-state index contributed by atoms with van der Waals surface area (Å²) in [7, 11) is 3.38. The lowest BCUT2D eigenvalue weighted by Gasteiger charge is -2.25. The number of likely N-dealkylation sites (N-methyl/N-ethyl adjacent to an activating group) is 1. The fourth-order valence-corrected chi connectivity index (χ4v) is 2.16. The Labute approximate surface area is 133 Å². The molecule has 0 bridgehead atoms. The Morgan fingerprint density at radius 2 is 1.87 bits per heavy atom. The molecular formula is C16H18F2N4O. The number of urea groups is 1. The van der Waals surface area contributed by atoms with Gasteiger partial charge in [-0.3, -0.25) is 5.32 Å². The van der Waals surface area contributed by atoms with Crippen LogP contribution in [0.15, 0.2) is 42.6 Å². The second-order valence-electron chi connectivity index (χ2n) is 5.16. The number of hydrogen-bond donors (Lipinski definition) is 2. The molecule has 122 valence electrons. The van der Waals surface area contributed by atoms with Crippen molar-refractivity contribution in [2.45, 2.75) is 6.04 Å². The molecule has 0 saturated heterocycles. The molecule has 0 saturated carbocycles.